The lowest BCUT2D eigenvalue weighted by molar-refractivity contribution is -0.122. The van der Waals surface area contributed by atoms with Crippen molar-refractivity contribution in [1.82, 2.24) is 10.6 Å². The number of likely N-dealkylation sites (N-methyl/N-ethyl adjacent to an activating group) is 1. The highest BCUT2D eigenvalue weighted by Gasteiger charge is 2.09. The van der Waals surface area contributed by atoms with Gasteiger partial charge in [0.05, 0.1) is 12.6 Å². The van der Waals surface area contributed by atoms with Crippen LogP contribution in [-0.2, 0) is 11.3 Å². The monoisotopic (exact) mass is 276 g/mol. The zero-order chi connectivity index (χ0) is 10.6. The Hall–Kier alpha value is -0.390. The second kappa shape index (κ2) is 5.48. The summed E-state index contributed by atoms with van der Waals surface area (Å²) in [5.74, 6) is 0.0250. The Balaban J connectivity index is 2.37. The molecule has 0 aliphatic rings. The first kappa shape index (κ1) is 11.7. The van der Waals surface area contributed by atoms with Gasteiger partial charge >= 0.3 is 0 Å². The van der Waals surface area contributed by atoms with Gasteiger partial charge in [0.1, 0.15) is 0 Å². The number of nitrogens with one attached hydrogen (secondary N) is 2. The minimum atomic E-state index is -0.140. The molecule has 14 heavy (non-hydrogen) atoms. The summed E-state index contributed by atoms with van der Waals surface area (Å²) in [6.45, 7) is 2.43. The summed E-state index contributed by atoms with van der Waals surface area (Å²) in [5.41, 5.74) is 0. The van der Waals surface area contributed by atoms with Crippen molar-refractivity contribution in [1.29, 1.82) is 0 Å². The van der Waals surface area contributed by atoms with Crippen molar-refractivity contribution in [2.45, 2.75) is 19.5 Å². The molecule has 1 amide bonds. The van der Waals surface area contributed by atoms with Crippen molar-refractivity contribution in [3.63, 3.8) is 0 Å². The summed E-state index contributed by atoms with van der Waals surface area (Å²) in [4.78, 5) is 12.5. The number of hydrogen-bond donors (Lipinski definition) is 2. The number of thiophene rings is 1. The number of carbonyl (C=O) groups excluding carboxylic acids is 1. The fourth-order valence-electron chi connectivity index (χ4n) is 0.905. The zero-order valence-electron chi connectivity index (χ0n) is 8.13. The second-order valence-electron chi connectivity index (χ2n) is 2.96. The van der Waals surface area contributed by atoms with Gasteiger partial charge in [-0.2, -0.15) is 0 Å². The maximum Gasteiger partial charge on any atom is 0.237 e. The van der Waals surface area contributed by atoms with Gasteiger partial charge < -0.3 is 10.6 Å². The normalized spacial score (nSPS) is 12.5. The predicted molar refractivity (Wildman–Crippen MR) is 62.4 cm³/mol. The summed E-state index contributed by atoms with van der Waals surface area (Å²) in [7, 11) is 1.77. The van der Waals surface area contributed by atoms with E-state index in [0.29, 0.717) is 6.54 Å². The molecule has 78 valence electrons. The van der Waals surface area contributed by atoms with Crippen LogP contribution in [0.2, 0.25) is 0 Å². The molecule has 1 atom stereocenters. The van der Waals surface area contributed by atoms with E-state index >= 15 is 0 Å². The molecule has 0 saturated heterocycles. The molecule has 1 aromatic rings. The first-order valence-corrected chi connectivity index (χ1v) is 5.98. The van der Waals surface area contributed by atoms with E-state index in [-0.39, 0.29) is 11.9 Å². The molecule has 1 rings (SSSR count). The van der Waals surface area contributed by atoms with Crippen LogP contribution in [0, 0.1) is 0 Å². The summed E-state index contributed by atoms with van der Waals surface area (Å²) in [6.07, 6.45) is 0. The average molecular weight is 277 g/mol. The maximum absolute atomic E-state index is 11.4. The van der Waals surface area contributed by atoms with Crippen molar-refractivity contribution >= 4 is 33.2 Å². The molecule has 1 heterocycles. The third-order valence-corrected chi connectivity index (χ3v) is 3.58. The van der Waals surface area contributed by atoms with Crippen LogP contribution in [-0.4, -0.2) is 19.0 Å². The maximum atomic E-state index is 11.4. The Labute approximate surface area is 96.0 Å². The third kappa shape index (κ3) is 3.40. The number of rotatable bonds is 4. The van der Waals surface area contributed by atoms with Gasteiger partial charge in [0, 0.05) is 14.7 Å². The summed E-state index contributed by atoms with van der Waals surface area (Å²) < 4.78 is 1.06. The smallest absolute Gasteiger partial charge is 0.237 e. The molecule has 0 aromatic carbocycles. The zero-order valence-corrected chi connectivity index (χ0v) is 10.5. The van der Waals surface area contributed by atoms with Gasteiger partial charge in [-0.1, -0.05) is 0 Å². The lowest BCUT2D eigenvalue weighted by Gasteiger charge is -2.09. The Morgan fingerprint density at radius 3 is 2.93 bits per heavy atom. The quantitative estimate of drug-likeness (QED) is 0.880. The van der Waals surface area contributed by atoms with Gasteiger partial charge in [-0.15, -0.1) is 11.3 Å². The highest BCUT2D eigenvalue weighted by molar-refractivity contribution is 9.10. The van der Waals surface area contributed by atoms with Crippen LogP contribution in [0.15, 0.2) is 15.9 Å². The van der Waals surface area contributed by atoms with Crippen molar-refractivity contribution < 1.29 is 4.79 Å². The highest BCUT2D eigenvalue weighted by atomic mass is 79.9. The van der Waals surface area contributed by atoms with Crippen molar-refractivity contribution in [2.24, 2.45) is 0 Å². The standard InChI is InChI=1S/C9H13BrN2OS/c1-6(11-2)9(13)12-4-8-3-7(10)5-14-8/h3,5-6,11H,4H2,1-2H3,(H,12,13). The van der Waals surface area contributed by atoms with Gasteiger partial charge in [0.2, 0.25) is 5.91 Å². The van der Waals surface area contributed by atoms with E-state index in [1.165, 1.54) is 0 Å². The van der Waals surface area contributed by atoms with Crippen LogP contribution >= 0.6 is 27.3 Å². The molecule has 1 aromatic heterocycles. The van der Waals surface area contributed by atoms with E-state index in [9.17, 15) is 4.79 Å². The summed E-state index contributed by atoms with van der Waals surface area (Å²) in [5, 5.41) is 7.74. The minimum absolute atomic E-state index is 0.0250. The van der Waals surface area contributed by atoms with Crippen LogP contribution in [0.5, 0.6) is 0 Å². The van der Waals surface area contributed by atoms with Crippen molar-refractivity contribution in [3.8, 4) is 0 Å². The van der Waals surface area contributed by atoms with Crippen LogP contribution in [0.25, 0.3) is 0 Å². The molecule has 0 spiro atoms. The average Bonchev–Trinajstić information content (AvgIpc) is 2.59. The number of carbonyl (C=O) groups is 1. The Morgan fingerprint density at radius 1 is 1.71 bits per heavy atom. The topological polar surface area (TPSA) is 41.1 Å². The summed E-state index contributed by atoms with van der Waals surface area (Å²) in [6, 6.07) is 1.87. The Kier molecular flexibility index (Phi) is 4.57. The number of hydrogen-bond acceptors (Lipinski definition) is 3. The van der Waals surface area contributed by atoms with Gasteiger partial charge in [-0.3, -0.25) is 4.79 Å². The molecule has 1 unspecified atom stereocenters. The molecule has 0 fully saturated rings. The molecule has 5 heteroatoms. The van der Waals surface area contributed by atoms with Crippen molar-refractivity contribution in [2.75, 3.05) is 7.05 Å². The fraction of sp³-hybridized carbons (Fsp3) is 0.444. The van der Waals surface area contributed by atoms with Gasteiger partial charge in [-0.05, 0) is 36.0 Å². The van der Waals surface area contributed by atoms with Gasteiger partial charge in [0.15, 0.2) is 0 Å². The van der Waals surface area contributed by atoms with E-state index in [1.807, 2.05) is 18.4 Å². The molecule has 0 saturated carbocycles. The minimum Gasteiger partial charge on any atom is -0.350 e. The van der Waals surface area contributed by atoms with E-state index in [1.54, 1.807) is 18.4 Å². The molecular weight excluding hydrogens is 264 g/mol. The fourth-order valence-corrected chi connectivity index (χ4v) is 2.30. The molecule has 0 radical (unpaired) electrons. The van der Waals surface area contributed by atoms with Crippen LogP contribution in [0.3, 0.4) is 0 Å². The van der Waals surface area contributed by atoms with Gasteiger partial charge in [0.25, 0.3) is 0 Å². The third-order valence-electron chi connectivity index (χ3n) is 1.88. The van der Waals surface area contributed by atoms with Crippen molar-refractivity contribution in [3.05, 3.63) is 20.8 Å². The number of halogens is 1. The lowest BCUT2D eigenvalue weighted by Crippen LogP contribution is -2.39. The largest absolute Gasteiger partial charge is 0.350 e. The number of amides is 1. The van der Waals surface area contributed by atoms with Gasteiger partial charge in [-0.25, -0.2) is 0 Å². The molecule has 3 nitrogen and oxygen atoms in total. The van der Waals surface area contributed by atoms with E-state index in [0.717, 1.165) is 9.35 Å². The van der Waals surface area contributed by atoms with E-state index in [2.05, 4.69) is 26.6 Å². The Bertz CT molecular complexity index is 314. The van der Waals surface area contributed by atoms with E-state index < -0.39 is 0 Å². The van der Waals surface area contributed by atoms with Crippen LogP contribution < -0.4 is 10.6 Å². The SMILES string of the molecule is CNC(C)C(=O)NCc1cc(Br)cs1. The summed E-state index contributed by atoms with van der Waals surface area (Å²) >= 11 is 5.00. The van der Waals surface area contributed by atoms with Crippen LogP contribution in [0.4, 0.5) is 0 Å². The first-order valence-electron chi connectivity index (χ1n) is 4.31. The molecule has 0 aliphatic heterocycles. The molecule has 0 aliphatic carbocycles. The molecule has 2 N–H and O–H groups in total. The predicted octanol–water partition coefficient (Wildman–Crippen LogP) is 1.73. The van der Waals surface area contributed by atoms with Crippen LogP contribution in [0.1, 0.15) is 11.8 Å². The lowest BCUT2D eigenvalue weighted by atomic mass is 10.3. The first-order chi connectivity index (χ1) is 6.63. The molecule has 0 bridgehead atoms. The Morgan fingerprint density at radius 2 is 2.43 bits per heavy atom. The highest BCUT2D eigenvalue weighted by Crippen LogP contribution is 2.19. The van der Waals surface area contributed by atoms with E-state index in [4.69, 9.17) is 0 Å². The second-order valence-corrected chi connectivity index (χ2v) is 4.87. The molecular formula is C9H13BrN2OS.